The lowest BCUT2D eigenvalue weighted by Gasteiger charge is -2.26. The van der Waals surface area contributed by atoms with Gasteiger partial charge in [-0.25, -0.2) is 0 Å². The molecule has 1 N–H and O–H groups in total. The van der Waals surface area contributed by atoms with Crippen molar-refractivity contribution in [3.8, 4) is 11.3 Å². The molecule has 3 aliphatic rings. The second-order valence-corrected chi connectivity index (χ2v) is 9.26. The number of thioether (sulfide) groups is 1. The second kappa shape index (κ2) is 8.99. The summed E-state index contributed by atoms with van der Waals surface area (Å²) in [6, 6.07) is 10.8. The fourth-order valence-corrected chi connectivity index (χ4v) is 4.97. The summed E-state index contributed by atoms with van der Waals surface area (Å²) in [6.07, 6.45) is 4.79. The maximum absolute atomic E-state index is 12.6. The molecule has 0 atom stereocenters. The van der Waals surface area contributed by atoms with E-state index in [1.807, 2.05) is 23.1 Å². The van der Waals surface area contributed by atoms with Gasteiger partial charge in [0.25, 0.3) is 5.91 Å². The number of aliphatic imine (C=N–C) groups is 1. The highest BCUT2D eigenvalue weighted by Gasteiger charge is 2.36. The zero-order valence-electron chi connectivity index (χ0n) is 17.6. The number of nitrogens with zero attached hydrogens (tertiary/aromatic N) is 4. The van der Waals surface area contributed by atoms with Gasteiger partial charge >= 0.3 is 0 Å². The van der Waals surface area contributed by atoms with Crippen LogP contribution in [0.3, 0.4) is 0 Å². The largest absolute Gasteiger partial charge is 0.457 e. The number of piperidine rings is 1. The van der Waals surface area contributed by atoms with Gasteiger partial charge in [0, 0.05) is 18.7 Å². The number of hydrogen-bond acceptors (Lipinski definition) is 6. The lowest BCUT2D eigenvalue weighted by molar-refractivity contribution is -0.130. The predicted octanol–water partition coefficient (Wildman–Crippen LogP) is 4.62. The van der Waals surface area contributed by atoms with Crippen LogP contribution in [-0.2, 0) is 9.59 Å². The number of carbonyl (C=O) groups is 2. The lowest BCUT2D eigenvalue weighted by Crippen LogP contribution is -2.36. The first kappa shape index (κ1) is 21.7. The van der Waals surface area contributed by atoms with Gasteiger partial charge in [-0.15, -0.1) is 0 Å². The van der Waals surface area contributed by atoms with Crippen molar-refractivity contribution in [3.63, 3.8) is 0 Å². The molecule has 0 radical (unpaired) electrons. The summed E-state index contributed by atoms with van der Waals surface area (Å²) in [5.74, 6) is 0.312. The van der Waals surface area contributed by atoms with Gasteiger partial charge in [0.15, 0.2) is 5.84 Å². The summed E-state index contributed by atoms with van der Waals surface area (Å²) in [6.45, 7) is 1.53. The molecule has 1 fully saturated rings. The first-order valence-corrected chi connectivity index (χ1v) is 11.8. The van der Waals surface area contributed by atoms with Crippen molar-refractivity contribution in [3.05, 3.63) is 52.8 Å². The third kappa shape index (κ3) is 4.38. The summed E-state index contributed by atoms with van der Waals surface area (Å²) < 4.78 is 5.83. The number of likely N-dealkylation sites (tertiary alicyclic amines) is 1. The Balaban J connectivity index is 1.34. The third-order valence-corrected chi connectivity index (χ3v) is 6.80. The molecule has 33 heavy (non-hydrogen) atoms. The maximum atomic E-state index is 12.6. The van der Waals surface area contributed by atoms with Crippen LogP contribution in [0, 0.1) is 5.41 Å². The van der Waals surface area contributed by atoms with E-state index in [1.54, 1.807) is 18.2 Å². The SMILES string of the molecule is N=C1/C(=C/c2ccc(-c3ccccc3Cl)o2)C(=O)N=C2SC(CC(=O)N3CCCCC3)=NN12. The van der Waals surface area contributed by atoms with E-state index in [2.05, 4.69) is 10.1 Å². The van der Waals surface area contributed by atoms with E-state index >= 15 is 0 Å². The minimum Gasteiger partial charge on any atom is -0.457 e. The van der Waals surface area contributed by atoms with Crippen LogP contribution in [0.15, 0.2) is 56.5 Å². The molecular formula is C23H20ClN5O3S. The molecule has 1 aromatic carbocycles. The average Bonchev–Trinajstić information content (AvgIpc) is 3.44. The van der Waals surface area contributed by atoms with Crippen molar-refractivity contribution in [1.82, 2.24) is 9.91 Å². The standard InChI is InChI=1S/C23H20ClN5O3S/c24-17-7-3-2-6-15(17)18-9-8-14(32-18)12-16-21(25)29-23(26-22(16)31)33-19(27-29)13-20(30)28-10-4-1-5-11-28/h2-3,6-9,12,25H,1,4-5,10-11,13H2/b16-12-,25-21?. The van der Waals surface area contributed by atoms with E-state index in [0.717, 1.165) is 49.7 Å². The fraction of sp³-hybridized carbons (Fsp3) is 0.261. The van der Waals surface area contributed by atoms with E-state index in [1.165, 1.54) is 11.1 Å². The van der Waals surface area contributed by atoms with Gasteiger partial charge in [0.2, 0.25) is 11.1 Å². The monoisotopic (exact) mass is 481 g/mol. The minimum absolute atomic E-state index is 0.0118. The zero-order valence-corrected chi connectivity index (χ0v) is 19.2. The highest BCUT2D eigenvalue weighted by atomic mass is 35.5. The van der Waals surface area contributed by atoms with Gasteiger partial charge in [-0.1, -0.05) is 23.7 Å². The van der Waals surface area contributed by atoms with Crippen LogP contribution >= 0.6 is 23.4 Å². The molecule has 0 bridgehead atoms. The van der Waals surface area contributed by atoms with Crippen LogP contribution in [0.25, 0.3) is 17.4 Å². The van der Waals surface area contributed by atoms with Gasteiger partial charge in [0.1, 0.15) is 16.6 Å². The number of hydrazone groups is 1. The summed E-state index contributed by atoms with van der Waals surface area (Å²) in [5, 5.41) is 15.6. The average molecular weight is 482 g/mol. The Hall–Kier alpha value is -3.17. The van der Waals surface area contributed by atoms with Crippen LogP contribution in [-0.4, -0.2) is 50.9 Å². The minimum atomic E-state index is -0.548. The Bertz CT molecular complexity index is 1240. The molecule has 1 aromatic heterocycles. The fourth-order valence-electron chi connectivity index (χ4n) is 3.87. The van der Waals surface area contributed by atoms with Crippen molar-refractivity contribution >= 4 is 57.3 Å². The normalized spacial score (nSPS) is 19.6. The molecule has 0 saturated carbocycles. The Morgan fingerprint density at radius 2 is 1.97 bits per heavy atom. The van der Waals surface area contributed by atoms with Gasteiger partial charge in [-0.05, 0) is 61.4 Å². The van der Waals surface area contributed by atoms with E-state index in [0.29, 0.717) is 26.8 Å². The number of nitrogens with one attached hydrogen (secondary N) is 1. The molecule has 0 unspecified atom stereocenters. The molecule has 1 saturated heterocycles. The Morgan fingerprint density at radius 3 is 2.76 bits per heavy atom. The molecule has 5 rings (SSSR count). The summed E-state index contributed by atoms with van der Waals surface area (Å²) in [4.78, 5) is 31.1. The topological polar surface area (TPSA) is 102 Å². The third-order valence-electron chi connectivity index (χ3n) is 5.56. The molecule has 0 aliphatic carbocycles. The quantitative estimate of drug-likeness (QED) is 0.642. The van der Waals surface area contributed by atoms with Crippen LogP contribution < -0.4 is 0 Å². The maximum Gasteiger partial charge on any atom is 0.283 e. The van der Waals surface area contributed by atoms with E-state index in [4.69, 9.17) is 21.4 Å². The van der Waals surface area contributed by atoms with Crippen molar-refractivity contribution in [2.45, 2.75) is 25.7 Å². The van der Waals surface area contributed by atoms with Gasteiger partial charge in [-0.3, -0.25) is 15.0 Å². The first-order chi connectivity index (χ1) is 16.0. The number of rotatable bonds is 4. The first-order valence-electron chi connectivity index (χ1n) is 10.6. The van der Waals surface area contributed by atoms with Crippen molar-refractivity contribution in [2.24, 2.45) is 10.1 Å². The van der Waals surface area contributed by atoms with E-state index in [9.17, 15) is 9.59 Å². The van der Waals surface area contributed by atoms with Gasteiger partial charge in [-0.2, -0.15) is 15.1 Å². The highest BCUT2D eigenvalue weighted by Crippen LogP contribution is 2.32. The van der Waals surface area contributed by atoms with Crippen molar-refractivity contribution in [2.75, 3.05) is 13.1 Å². The zero-order chi connectivity index (χ0) is 22.9. The van der Waals surface area contributed by atoms with Gasteiger partial charge < -0.3 is 9.32 Å². The molecule has 3 aliphatic heterocycles. The van der Waals surface area contributed by atoms with E-state index < -0.39 is 5.91 Å². The van der Waals surface area contributed by atoms with Gasteiger partial charge in [0.05, 0.1) is 17.0 Å². The number of fused-ring (bicyclic) bond motifs is 1. The molecule has 4 heterocycles. The number of hydrogen-bond donors (Lipinski definition) is 1. The number of carbonyl (C=O) groups excluding carboxylic acids is 2. The predicted molar refractivity (Wildman–Crippen MR) is 129 cm³/mol. The molecule has 0 spiro atoms. The summed E-state index contributed by atoms with van der Waals surface area (Å²) in [5.41, 5.74) is 0.796. The molecular weight excluding hydrogens is 462 g/mol. The number of halogens is 1. The Morgan fingerprint density at radius 1 is 1.18 bits per heavy atom. The Kier molecular flexibility index (Phi) is 5.90. The summed E-state index contributed by atoms with van der Waals surface area (Å²) in [7, 11) is 0. The number of furan rings is 1. The van der Waals surface area contributed by atoms with Crippen LogP contribution in [0.1, 0.15) is 31.4 Å². The lowest BCUT2D eigenvalue weighted by atomic mass is 10.1. The smallest absolute Gasteiger partial charge is 0.283 e. The number of amides is 2. The summed E-state index contributed by atoms with van der Waals surface area (Å²) >= 11 is 7.39. The molecule has 8 nitrogen and oxygen atoms in total. The van der Waals surface area contributed by atoms with Crippen molar-refractivity contribution < 1.29 is 14.0 Å². The molecule has 2 aromatic rings. The number of amidine groups is 2. The van der Waals surface area contributed by atoms with E-state index in [-0.39, 0.29) is 23.7 Å². The highest BCUT2D eigenvalue weighted by molar-refractivity contribution is 8.27. The van der Waals surface area contributed by atoms with Crippen LogP contribution in [0.5, 0.6) is 0 Å². The van der Waals surface area contributed by atoms with Crippen LogP contribution in [0.4, 0.5) is 0 Å². The van der Waals surface area contributed by atoms with Crippen LogP contribution in [0.2, 0.25) is 5.02 Å². The second-order valence-electron chi connectivity index (χ2n) is 7.81. The molecule has 10 heteroatoms. The number of benzene rings is 1. The Labute approximate surface area is 199 Å². The molecule has 168 valence electrons. The van der Waals surface area contributed by atoms with Crippen molar-refractivity contribution in [1.29, 1.82) is 5.41 Å². The molecule has 2 amide bonds.